The van der Waals surface area contributed by atoms with Crippen molar-refractivity contribution < 1.29 is 19.8 Å². The van der Waals surface area contributed by atoms with E-state index in [9.17, 15) is 9.59 Å². The molecule has 0 bridgehead atoms. The molecule has 0 fully saturated rings. The van der Waals surface area contributed by atoms with Gasteiger partial charge in [-0.3, -0.25) is 4.79 Å². The lowest BCUT2D eigenvalue weighted by Gasteiger charge is -1.99. The number of rotatable bonds is 6. The average Bonchev–Trinajstić information content (AvgIpc) is 2.60. The summed E-state index contributed by atoms with van der Waals surface area (Å²) >= 11 is 1.35. The lowest BCUT2D eigenvalue weighted by Crippen LogP contribution is -2.16. The van der Waals surface area contributed by atoms with Crippen molar-refractivity contribution in [2.24, 2.45) is 0 Å². The first-order valence-corrected chi connectivity index (χ1v) is 5.21. The molecule has 15 heavy (non-hydrogen) atoms. The number of thiophene rings is 1. The van der Waals surface area contributed by atoms with Crippen molar-refractivity contribution in [1.29, 1.82) is 0 Å². The van der Waals surface area contributed by atoms with Gasteiger partial charge in [-0.2, -0.15) is 0 Å². The van der Waals surface area contributed by atoms with Crippen molar-refractivity contribution in [1.82, 2.24) is 5.32 Å². The molecular weight excluding hydrogens is 218 g/mol. The Hall–Kier alpha value is -1.40. The molecule has 0 aliphatic heterocycles. The molecule has 0 aromatic carbocycles. The van der Waals surface area contributed by atoms with Crippen molar-refractivity contribution in [2.75, 3.05) is 6.54 Å². The lowest BCUT2D eigenvalue weighted by atomic mass is 10.3. The molecule has 0 aliphatic rings. The Morgan fingerprint density at radius 3 is 2.67 bits per heavy atom. The van der Waals surface area contributed by atoms with Crippen LogP contribution in [0.15, 0.2) is 11.4 Å². The molecule has 1 aromatic rings. The van der Waals surface area contributed by atoms with E-state index in [4.69, 9.17) is 10.2 Å². The summed E-state index contributed by atoms with van der Waals surface area (Å²) in [6.45, 7) is 0.890. The Balaban J connectivity index is 2.31. The molecule has 0 saturated heterocycles. The molecule has 1 aromatic heterocycles. The smallest absolute Gasteiger partial charge is 0.336 e. The van der Waals surface area contributed by atoms with Crippen LogP contribution in [0.25, 0.3) is 0 Å². The van der Waals surface area contributed by atoms with Gasteiger partial charge in [-0.15, -0.1) is 11.3 Å². The molecule has 82 valence electrons. The third kappa shape index (κ3) is 4.09. The van der Waals surface area contributed by atoms with Crippen LogP contribution in [0, 0.1) is 0 Å². The topological polar surface area (TPSA) is 86.6 Å². The van der Waals surface area contributed by atoms with Crippen LogP contribution in [0.1, 0.15) is 21.7 Å². The Kier molecular flexibility index (Phi) is 4.26. The predicted molar refractivity (Wildman–Crippen MR) is 55.2 cm³/mol. The molecular formula is C9H11NO4S. The average molecular weight is 229 g/mol. The van der Waals surface area contributed by atoms with Crippen molar-refractivity contribution in [3.8, 4) is 0 Å². The zero-order valence-electron chi connectivity index (χ0n) is 7.90. The van der Waals surface area contributed by atoms with Crippen LogP contribution < -0.4 is 5.32 Å². The third-order valence-corrected chi connectivity index (χ3v) is 2.65. The highest BCUT2D eigenvalue weighted by molar-refractivity contribution is 7.10. The molecule has 0 radical (unpaired) electrons. The highest BCUT2D eigenvalue weighted by atomic mass is 32.1. The summed E-state index contributed by atoms with van der Waals surface area (Å²) in [4.78, 5) is 21.6. The van der Waals surface area contributed by atoms with Crippen LogP contribution in [0.5, 0.6) is 0 Å². The first-order valence-electron chi connectivity index (χ1n) is 4.33. The molecule has 0 unspecified atom stereocenters. The van der Waals surface area contributed by atoms with Gasteiger partial charge in [0.2, 0.25) is 0 Å². The van der Waals surface area contributed by atoms with Crippen molar-refractivity contribution >= 4 is 23.3 Å². The zero-order chi connectivity index (χ0) is 11.3. The molecule has 0 spiro atoms. The molecule has 6 heteroatoms. The van der Waals surface area contributed by atoms with Gasteiger partial charge in [-0.05, 0) is 6.07 Å². The van der Waals surface area contributed by atoms with Crippen molar-refractivity contribution in [3.05, 3.63) is 21.9 Å². The Morgan fingerprint density at radius 1 is 1.40 bits per heavy atom. The number of hydrogen-bond donors (Lipinski definition) is 3. The molecule has 0 amide bonds. The minimum Gasteiger partial charge on any atom is -0.481 e. The first-order chi connectivity index (χ1) is 7.09. The molecule has 0 aliphatic carbocycles. The van der Waals surface area contributed by atoms with E-state index in [1.54, 1.807) is 11.4 Å². The molecule has 0 atom stereocenters. The summed E-state index contributed by atoms with van der Waals surface area (Å²) in [5.74, 6) is -1.79. The van der Waals surface area contributed by atoms with E-state index in [1.807, 2.05) is 0 Å². The Morgan fingerprint density at radius 2 is 2.13 bits per heavy atom. The van der Waals surface area contributed by atoms with Gasteiger partial charge in [0.25, 0.3) is 0 Å². The van der Waals surface area contributed by atoms with Crippen LogP contribution in [0.3, 0.4) is 0 Å². The minimum atomic E-state index is -0.942. The SMILES string of the molecule is O=C(O)CCNCc1cc(C(=O)O)cs1. The van der Waals surface area contributed by atoms with Gasteiger partial charge < -0.3 is 15.5 Å². The quantitative estimate of drug-likeness (QED) is 0.634. The summed E-state index contributed by atoms with van der Waals surface area (Å²) in [6, 6.07) is 1.58. The van der Waals surface area contributed by atoms with Gasteiger partial charge in [0.15, 0.2) is 0 Å². The number of aliphatic carboxylic acids is 1. The monoisotopic (exact) mass is 229 g/mol. The predicted octanol–water partition coefficient (Wildman–Crippen LogP) is 1.01. The minimum absolute atomic E-state index is 0.0666. The van der Waals surface area contributed by atoms with E-state index in [1.165, 1.54) is 11.3 Å². The van der Waals surface area contributed by atoms with E-state index in [2.05, 4.69) is 5.32 Å². The Labute approximate surface area is 90.4 Å². The van der Waals surface area contributed by atoms with Crippen LogP contribution in [0.2, 0.25) is 0 Å². The molecule has 1 rings (SSSR count). The van der Waals surface area contributed by atoms with E-state index < -0.39 is 11.9 Å². The van der Waals surface area contributed by atoms with Crippen LogP contribution >= 0.6 is 11.3 Å². The van der Waals surface area contributed by atoms with E-state index in [0.717, 1.165) is 4.88 Å². The molecule has 5 nitrogen and oxygen atoms in total. The maximum Gasteiger partial charge on any atom is 0.336 e. The fourth-order valence-corrected chi connectivity index (χ4v) is 1.82. The summed E-state index contributed by atoms with van der Waals surface area (Å²) in [7, 11) is 0. The molecule has 3 N–H and O–H groups in total. The van der Waals surface area contributed by atoms with Gasteiger partial charge in [-0.1, -0.05) is 0 Å². The van der Waals surface area contributed by atoms with Gasteiger partial charge >= 0.3 is 11.9 Å². The maximum atomic E-state index is 10.5. The largest absolute Gasteiger partial charge is 0.481 e. The summed E-state index contributed by atoms with van der Waals surface area (Å²) in [5.41, 5.74) is 0.273. The fraction of sp³-hybridized carbons (Fsp3) is 0.333. The van der Waals surface area contributed by atoms with Crippen LogP contribution in [0.4, 0.5) is 0 Å². The number of aromatic carboxylic acids is 1. The van der Waals surface area contributed by atoms with E-state index in [-0.39, 0.29) is 12.0 Å². The van der Waals surface area contributed by atoms with Gasteiger partial charge in [0.05, 0.1) is 12.0 Å². The van der Waals surface area contributed by atoms with Crippen LogP contribution in [-0.4, -0.2) is 28.7 Å². The molecule has 0 saturated carbocycles. The first kappa shape index (κ1) is 11.7. The normalized spacial score (nSPS) is 10.1. The second-order valence-corrected chi connectivity index (χ2v) is 3.92. The van der Waals surface area contributed by atoms with Crippen molar-refractivity contribution in [3.63, 3.8) is 0 Å². The van der Waals surface area contributed by atoms with Gasteiger partial charge in [0, 0.05) is 23.3 Å². The second kappa shape index (κ2) is 5.47. The molecule has 1 heterocycles. The summed E-state index contributed by atoms with van der Waals surface area (Å²) < 4.78 is 0. The van der Waals surface area contributed by atoms with E-state index in [0.29, 0.717) is 13.1 Å². The number of carbonyl (C=O) groups is 2. The maximum absolute atomic E-state index is 10.5. The number of nitrogens with one attached hydrogen (secondary N) is 1. The summed E-state index contributed by atoms with van der Waals surface area (Å²) in [5, 5.41) is 21.5. The standard InChI is InChI=1S/C9H11NO4S/c11-8(12)1-2-10-4-7-3-6(5-15-7)9(13)14/h3,5,10H,1-2,4H2,(H,11,12)(H,13,14). The van der Waals surface area contributed by atoms with E-state index >= 15 is 0 Å². The van der Waals surface area contributed by atoms with Gasteiger partial charge in [0.1, 0.15) is 0 Å². The van der Waals surface area contributed by atoms with Crippen molar-refractivity contribution in [2.45, 2.75) is 13.0 Å². The van der Waals surface area contributed by atoms with Crippen LogP contribution in [-0.2, 0) is 11.3 Å². The summed E-state index contributed by atoms with van der Waals surface area (Å²) in [6.07, 6.45) is 0.0666. The lowest BCUT2D eigenvalue weighted by molar-refractivity contribution is -0.136. The van der Waals surface area contributed by atoms with Gasteiger partial charge in [-0.25, -0.2) is 4.79 Å². The third-order valence-electron chi connectivity index (χ3n) is 1.72. The highest BCUT2D eigenvalue weighted by Crippen LogP contribution is 2.14. The number of carboxylic acid groups (broad SMARTS) is 2. The zero-order valence-corrected chi connectivity index (χ0v) is 8.71. The fourth-order valence-electron chi connectivity index (χ4n) is 0.992. The number of hydrogen-bond acceptors (Lipinski definition) is 4. The number of carboxylic acids is 2. The Bertz CT molecular complexity index is 361. The highest BCUT2D eigenvalue weighted by Gasteiger charge is 2.05. The second-order valence-electron chi connectivity index (χ2n) is 2.93.